The van der Waals surface area contributed by atoms with Gasteiger partial charge in [-0.25, -0.2) is 0 Å². The molecule has 0 saturated heterocycles. The fourth-order valence-electron chi connectivity index (χ4n) is 1.31. The van der Waals surface area contributed by atoms with Crippen molar-refractivity contribution in [2.75, 3.05) is 5.73 Å². The van der Waals surface area contributed by atoms with Gasteiger partial charge in [-0.1, -0.05) is 17.7 Å². The lowest BCUT2D eigenvalue weighted by molar-refractivity contribution is 0.683. The van der Waals surface area contributed by atoms with Crippen LogP contribution in [-0.4, -0.2) is 4.21 Å². The number of halogens is 1. The molecule has 16 heavy (non-hydrogen) atoms. The summed E-state index contributed by atoms with van der Waals surface area (Å²) in [6.45, 7) is 0. The van der Waals surface area contributed by atoms with E-state index in [0.717, 1.165) is 4.88 Å². The normalized spacial score (nSPS) is 12.6. The molecule has 5 heteroatoms. The number of thiophene rings is 1. The number of hydrogen-bond donors (Lipinski definition) is 1. The van der Waals surface area contributed by atoms with E-state index in [4.69, 9.17) is 17.3 Å². The molecule has 2 aromatic rings. The number of nitrogen functional groups attached to an aromatic ring is 1. The minimum Gasteiger partial charge on any atom is -0.398 e. The molecule has 1 heterocycles. The smallest absolute Gasteiger partial charge is 0.0635 e. The van der Waals surface area contributed by atoms with Gasteiger partial charge in [-0.3, -0.25) is 4.21 Å². The van der Waals surface area contributed by atoms with Gasteiger partial charge in [0.05, 0.1) is 21.4 Å². The Hall–Kier alpha value is -0.840. The van der Waals surface area contributed by atoms with Gasteiger partial charge in [0.25, 0.3) is 0 Å². The van der Waals surface area contributed by atoms with Gasteiger partial charge >= 0.3 is 0 Å². The summed E-state index contributed by atoms with van der Waals surface area (Å²) >= 11 is 7.44. The first-order valence-corrected chi connectivity index (χ1v) is 7.20. The molecule has 0 aliphatic carbocycles. The average Bonchev–Trinajstić information content (AvgIpc) is 2.74. The van der Waals surface area contributed by atoms with Crippen LogP contribution in [0, 0.1) is 0 Å². The van der Waals surface area contributed by atoms with Gasteiger partial charge in [0.1, 0.15) is 0 Å². The average molecular weight is 272 g/mol. The van der Waals surface area contributed by atoms with Gasteiger partial charge in [0, 0.05) is 15.6 Å². The van der Waals surface area contributed by atoms with E-state index in [2.05, 4.69) is 0 Å². The SMILES string of the molecule is Nc1ccc(Cl)cc1S(=O)Cc1cccs1. The summed E-state index contributed by atoms with van der Waals surface area (Å²) < 4.78 is 12.1. The fraction of sp³-hybridized carbons (Fsp3) is 0.0909. The summed E-state index contributed by atoms with van der Waals surface area (Å²) in [5.41, 5.74) is 6.30. The Balaban J connectivity index is 2.24. The monoisotopic (exact) mass is 271 g/mol. The predicted molar refractivity (Wildman–Crippen MR) is 70.3 cm³/mol. The van der Waals surface area contributed by atoms with Gasteiger partial charge in [-0.2, -0.15) is 0 Å². The Morgan fingerprint density at radius 2 is 2.19 bits per heavy atom. The summed E-state index contributed by atoms with van der Waals surface area (Å²) in [4.78, 5) is 1.69. The minimum absolute atomic E-state index is 0.488. The summed E-state index contributed by atoms with van der Waals surface area (Å²) in [6, 6.07) is 8.95. The quantitative estimate of drug-likeness (QED) is 0.871. The maximum Gasteiger partial charge on any atom is 0.0635 e. The summed E-state index contributed by atoms with van der Waals surface area (Å²) in [6.07, 6.45) is 0. The third-order valence-electron chi connectivity index (χ3n) is 2.07. The van der Waals surface area contributed by atoms with Crippen molar-refractivity contribution in [2.24, 2.45) is 0 Å². The van der Waals surface area contributed by atoms with Crippen molar-refractivity contribution in [3.05, 3.63) is 45.6 Å². The molecule has 0 bridgehead atoms. The van der Waals surface area contributed by atoms with Crippen molar-refractivity contribution >= 4 is 39.4 Å². The third-order valence-corrected chi connectivity index (χ3v) is 4.79. The Morgan fingerprint density at radius 1 is 1.38 bits per heavy atom. The number of nitrogens with two attached hydrogens (primary N) is 1. The van der Waals surface area contributed by atoms with Crippen LogP contribution in [-0.2, 0) is 16.6 Å². The molecule has 2 N–H and O–H groups in total. The first-order chi connectivity index (χ1) is 7.66. The highest BCUT2D eigenvalue weighted by Crippen LogP contribution is 2.24. The highest BCUT2D eigenvalue weighted by molar-refractivity contribution is 7.84. The maximum absolute atomic E-state index is 12.1. The van der Waals surface area contributed by atoms with E-state index in [0.29, 0.717) is 21.4 Å². The number of anilines is 1. The first kappa shape index (κ1) is 11.6. The molecule has 1 unspecified atom stereocenters. The summed E-state index contributed by atoms with van der Waals surface area (Å²) in [7, 11) is -1.13. The molecule has 0 saturated carbocycles. The number of rotatable bonds is 3. The molecular weight excluding hydrogens is 262 g/mol. The molecule has 0 amide bonds. The molecule has 1 atom stereocenters. The molecule has 0 aliphatic heterocycles. The summed E-state index contributed by atoms with van der Waals surface area (Å²) in [5.74, 6) is 0.488. The van der Waals surface area contributed by atoms with E-state index in [9.17, 15) is 4.21 Å². The number of hydrogen-bond acceptors (Lipinski definition) is 3. The van der Waals surface area contributed by atoms with E-state index in [1.165, 1.54) is 0 Å². The standard InChI is InChI=1S/C11H10ClNOS2/c12-8-3-4-10(13)11(6-8)16(14)7-9-2-1-5-15-9/h1-6H,7,13H2. The van der Waals surface area contributed by atoms with Crippen LogP contribution in [0.5, 0.6) is 0 Å². The highest BCUT2D eigenvalue weighted by atomic mass is 35.5. The van der Waals surface area contributed by atoms with Crippen LogP contribution in [0.2, 0.25) is 5.02 Å². The molecule has 0 radical (unpaired) electrons. The van der Waals surface area contributed by atoms with Crippen LogP contribution in [0.25, 0.3) is 0 Å². The molecule has 1 aromatic heterocycles. The zero-order chi connectivity index (χ0) is 11.5. The van der Waals surface area contributed by atoms with Crippen molar-refractivity contribution in [3.63, 3.8) is 0 Å². The lowest BCUT2D eigenvalue weighted by atomic mass is 10.3. The second-order valence-electron chi connectivity index (χ2n) is 3.25. The zero-order valence-electron chi connectivity index (χ0n) is 8.35. The van der Waals surface area contributed by atoms with Crippen LogP contribution < -0.4 is 5.73 Å². The third kappa shape index (κ3) is 2.64. The molecule has 84 valence electrons. The van der Waals surface area contributed by atoms with Crippen molar-refractivity contribution in [1.82, 2.24) is 0 Å². The van der Waals surface area contributed by atoms with E-state index in [1.807, 2.05) is 17.5 Å². The number of benzene rings is 1. The van der Waals surface area contributed by atoms with Crippen molar-refractivity contribution in [2.45, 2.75) is 10.6 Å². The van der Waals surface area contributed by atoms with Gasteiger partial charge in [0.15, 0.2) is 0 Å². The first-order valence-electron chi connectivity index (χ1n) is 4.62. The van der Waals surface area contributed by atoms with E-state index in [-0.39, 0.29) is 0 Å². The van der Waals surface area contributed by atoms with Crippen LogP contribution in [0.1, 0.15) is 4.88 Å². The Kier molecular flexibility index (Phi) is 3.63. The van der Waals surface area contributed by atoms with Crippen molar-refractivity contribution < 1.29 is 4.21 Å². The van der Waals surface area contributed by atoms with E-state index < -0.39 is 10.8 Å². The predicted octanol–water partition coefficient (Wildman–Crippen LogP) is 3.29. The highest BCUT2D eigenvalue weighted by Gasteiger charge is 2.10. The van der Waals surface area contributed by atoms with Crippen molar-refractivity contribution in [3.8, 4) is 0 Å². The van der Waals surface area contributed by atoms with Gasteiger partial charge in [-0.15, -0.1) is 11.3 Å². The summed E-state index contributed by atoms with van der Waals surface area (Å²) in [5, 5.41) is 2.53. The zero-order valence-corrected chi connectivity index (χ0v) is 10.7. The van der Waals surface area contributed by atoms with Crippen LogP contribution in [0.15, 0.2) is 40.6 Å². The Morgan fingerprint density at radius 3 is 2.88 bits per heavy atom. The maximum atomic E-state index is 12.1. The van der Waals surface area contributed by atoms with Gasteiger partial charge in [-0.05, 0) is 29.6 Å². The van der Waals surface area contributed by atoms with E-state index >= 15 is 0 Å². The molecule has 0 spiro atoms. The second-order valence-corrected chi connectivity index (χ2v) is 6.14. The molecule has 2 nitrogen and oxygen atoms in total. The molecular formula is C11H10ClNOS2. The largest absolute Gasteiger partial charge is 0.398 e. The van der Waals surface area contributed by atoms with Gasteiger partial charge in [0.2, 0.25) is 0 Å². The van der Waals surface area contributed by atoms with E-state index in [1.54, 1.807) is 29.5 Å². The van der Waals surface area contributed by atoms with Gasteiger partial charge < -0.3 is 5.73 Å². The van der Waals surface area contributed by atoms with Crippen LogP contribution >= 0.6 is 22.9 Å². The fourth-order valence-corrected chi connectivity index (χ4v) is 3.73. The molecule has 2 rings (SSSR count). The lowest BCUT2D eigenvalue weighted by Crippen LogP contribution is -1.99. The Labute approximate surface area is 106 Å². The van der Waals surface area contributed by atoms with Crippen molar-refractivity contribution in [1.29, 1.82) is 0 Å². The van der Waals surface area contributed by atoms with Crippen LogP contribution in [0.4, 0.5) is 5.69 Å². The second kappa shape index (κ2) is 4.99. The van der Waals surface area contributed by atoms with Crippen LogP contribution in [0.3, 0.4) is 0 Å². The minimum atomic E-state index is -1.13. The Bertz CT molecular complexity index is 511. The topological polar surface area (TPSA) is 43.1 Å². The lowest BCUT2D eigenvalue weighted by Gasteiger charge is -2.05. The molecule has 0 aliphatic rings. The molecule has 1 aromatic carbocycles. The molecule has 0 fully saturated rings.